The average Bonchev–Trinajstić information content (AvgIpc) is 2.49. The van der Waals surface area contributed by atoms with Crippen LogP contribution in [0.1, 0.15) is 10.4 Å². The molecule has 0 aliphatic rings. The Hall–Kier alpha value is -2.29. The lowest BCUT2D eigenvalue weighted by Gasteiger charge is -1.96. The van der Waals surface area contributed by atoms with Crippen LogP contribution in [-0.4, -0.2) is 20.5 Å². The van der Waals surface area contributed by atoms with E-state index < -0.39 is 0 Å². The van der Waals surface area contributed by atoms with E-state index >= 15 is 0 Å². The zero-order valence-electron chi connectivity index (χ0n) is 10.5. The molecule has 18 heavy (non-hydrogen) atoms. The molecule has 3 heteroatoms. The van der Waals surface area contributed by atoms with Crippen molar-refractivity contribution in [2.45, 2.75) is 0 Å². The lowest BCUT2D eigenvalue weighted by atomic mass is 10.2. The number of hydrogen-bond acceptors (Lipinski definition) is 3. The normalized spacial score (nSPS) is 8.78. The van der Waals surface area contributed by atoms with Gasteiger partial charge in [-0.2, -0.15) is 0 Å². The van der Waals surface area contributed by atoms with Gasteiger partial charge in [0.2, 0.25) is 0 Å². The average molecular weight is 244 g/mol. The molecular weight excluding hydrogens is 228 g/mol. The highest BCUT2D eigenvalue weighted by Crippen LogP contribution is 2.09. The molecule has 0 atom stereocenters. The lowest BCUT2D eigenvalue weighted by Crippen LogP contribution is -1.82. The SMILES string of the molecule is COc1ccc(C=O)cc1.COc1ccccc1. The van der Waals surface area contributed by atoms with Gasteiger partial charge in [-0.15, -0.1) is 0 Å². The third kappa shape index (κ3) is 4.70. The van der Waals surface area contributed by atoms with Crippen LogP contribution in [0.5, 0.6) is 11.5 Å². The first kappa shape index (κ1) is 13.8. The number of carbonyl (C=O) groups excluding carboxylic acids is 1. The molecule has 0 N–H and O–H groups in total. The molecule has 0 spiro atoms. The van der Waals surface area contributed by atoms with E-state index in [1.807, 2.05) is 30.3 Å². The predicted octanol–water partition coefficient (Wildman–Crippen LogP) is 3.20. The number of benzene rings is 2. The maximum atomic E-state index is 10.2. The molecule has 0 fully saturated rings. The van der Waals surface area contributed by atoms with Crippen molar-refractivity contribution in [2.24, 2.45) is 0 Å². The summed E-state index contributed by atoms with van der Waals surface area (Å²) in [7, 11) is 3.26. The van der Waals surface area contributed by atoms with Crippen LogP contribution in [-0.2, 0) is 0 Å². The lowest BCUT2D eigenvalue weighted by molar-refractivity contribution is 0.112. The van der Waals surface area contributed by atoms with Gasteiger partial charge in [-0.3, -0.25) is 4.79 Å². The maximum Gasteiger partial charge on any atom is 0.150 e. The number of methoxy groups -OCH3 is 2. The van der Waals surface area contributed by atoms with Gasteiger partial charge in [0.25, 0.3) is 0 Å². The smallest absolute Gasteiger partial charge is 0.150 e. The minimum atomic E-state index is 0.667. The summed E-state index contributed by atoms with van der Waals surface area (Å²) in [5.41, 5.74) is 0.667. The van der Waals surface area contributed by atoms with Crippen LogP contribution in [0.3, 0.4) is 0 Å². The second-order valence-electron chi connectivity index (χ2n) is 3.41. The molecule has 2 rings (SSSR count). The van der Waals surface area contributed by atoms with Crippen LogP contribution < -0.4 is 9.47 Å². The van der Waals surface area contributed by atoms with Crippen molar-refractivity contribution in [1.29, 1.82) is 0 Å². The largest absolute Gasteiger partial charge is 0.497 e. The van der Waals surface area contributed by atoms with E-state index in [-0.39, 0.29) is 0 Å². The number of aldehydes is 1. The first-order chi connectivity index (χ1) is 8.80. The molecule has 0 saturated heterocycles. The number of hydrogen-bond donors (Lipinski definition) is 0. The molecule has 0 amide bonds. The second kappa shape index (κ2) is 7.90. The van der Waals surface area contributed by atoms with Crippen LogP contribution in [0.2, 0.25) is 0 Å². The van der Waals surface area contributed by atoms with Gasteiger partial charge in [0.15, 0.2) is 0 Å². The zero-order valence-corrected chi connectivity index (χ0v) is 10.5. The monoisotopic (exact) mass is 244 g/mol. The van der Waals surface area contributed by atoms with Gasteiger partial charge in [0.1, 0.15) is 17.8 Å². The highest BCUT2D eigenvalue weighted by Gasteiger charge is 1.89. The fraction of sp³-hybridized carbons (Fsp3) is 0.133. The first-order valence-electron chi connectivity index (χ1n) is 5.48. The van der Waals surface area contributed by atoms with Crippen molar-refractivity contribution in [3.05, 3.63) is 60.2 Å². The Balaban J connectivity index is 0.000000184. The van der Waals surface area contributed by atoms with Crippen molar-refractivity contribution >= 4 is 6.29 Å². The Kier molecular flexibility index (Phi) is 6.04. The fourth-order valence-corrected chi connectivity index (χ4v) is 1.24. The summed E-state index contributed by atoms with van der Waals surface area (Å²) in [6, 6.07) is 16.6. The number of para-hydroxylation sites is 1. The number of ether oxygens (including phenoxy) is 2. The third-order valence-electron chi connectivity index (χ3n) is 2.23. The van der Waals surface area contributed by atoms with E-state index in [1.54, 1.807) is 38.5 Å². The van der Waals surface area contributed by atoms with Gasteiger partial charge in [0.05, 0.1) is 14.2 Å². The van der Waals surface area contributed by atoms with Crippen molar-refractivity contribution in [3.63, 3.8) is 0 Å². The Bertz CT molecular complexity index is 449. The number of rotatable bonds is 3. The van der Waals surface area contributed by atoms with Gasteiger partial charge < -0.3 is 9.47 Å². The van der Waals surface area contributed by atoms with E-state index in [4.69, 9.17) is 9.47 Å². The van der Waals surface area contributed by atoms with Crippen LogP contribution in [0, 0.1) is 0 Å². The summed E-state index contributed by atoms with van der Waals surface area (Å²) in [6.45, 7) is 0. The molecule has 0 aliphatic carbocycles. The highest BCUT2D eigenvalue weighted by atomic mass is 16.5. The molecule has 94 valence electrons. The topological polar surface area (TPSA) is 35.5 Å². The summed E-state index contributed by atoms with van der Waals surface area (Å²) in [4.78, 5) is 10.2. The van der Waals surface area contributed by atoms with Crippen molar-refractivity contribution in [3.8, 4) is 11.5 Å². The van der Waals surface area contributed by atoms with Crippen molar-refractivity contribution in [2.75, 3.05) is 14.2 Å². The zero-order chi connectivity index (χ0) is 13.2. The minimum absolute atomic E-state index is 0.667. The molecule has 0 heterocycles. The van der Waals surface area contributed by atoms with Gasteiger partial charge in [-0.05, 0) is 36.4 Å². The van der Waals surface area contributed by atoms with Gasteiger partial charge in [-0.25, -0.2) is 0 Å². The van der Waals surface area contributed by atoms with E-state index in [0.29, 0.717) is 5.56 Å². The van der Waals surface area contributed by atoms with E-state index in [0.717, 1.165) is 17.8 Å². The van der Waals surface area contributed by atoms with Crippen LogP contribution in [0.4, 0.5) is 0 Å². The van der Waals surface area contributed by atoms with Gasteiger partial charge in [0, 0.05) is 5.56 Å². The van der Waals surface area contributed by atoms with Gasteiger partial charge >= 0.3 is 0 Å². The van der Waals surface area contributed by atoms with E-state index in [9.17, 15) is 4.79 Å². The van der Waals surface area contributed by atoms with Crippen molar-refractivity contribution < 1.29 is 14.3 Å². The third-order valence-corrected chi connectivity index (χ3v) is 2.23. The molecule has 2 aromatic carbocycles. The van der Waals surface area contributed by atoms with Crippen LogP contribution in [0.25, 0.3) is 0 Å². The molecular formula is C15H16O3. The molecule has 2 aromatic rings. The highest BCUT2D eigenvalue weighted by molar-refractivity contribution is 5.74. The van der Waals surface area contributed by atoms with Crippen LogP contribution >= 0.6 is 0 Å². The van der Waals surface area contributed by atoms with Crippen molar-refractivity contribution in [1.82, 2.24) is 0 Å². The van der Waals surface area contributed by atoms with Gasteiger partial charge in [-0.1, -0.05) is 18.2 Å². The first-order valence-corrected chi connectivity index (χ1v) is 5.48. The summed E-state index contributed by atoms with van der Waals surface area (Å²) in [5.74, 6) is 1.68. The van der Waals surface area contributed by atoms with Crippen LogP contribution in [0.15, 0.2) is 54.6 Å². The minimum Gasteiger partial charge on any atom is -0.497 e. The number of carbonyl (C=O) groups is 1. The fourth-order valence-electron chi connectivity index (χ4n) is 1.24. The summed E-state index contributed by atoms with van der Waals surface area (Å²) in [5, 5.41) is 0. The van der Waals surface area contributed by atoms with E-state index in [1.165, 1.54) is 0 Å². The molecule has 3 nitrogen and oxygen atoms in total. The quantitative estimate of drug-likeness (QED) is 0.778. The second-order valence-corrected chi connectivity index (χ2v) is 3.41. The molecule has 0 saturated carbocycles. The Morgan fingerprint density at radius 3 is 1.67 bits per heavy atom. The standard InChI is InChI=1S/C8H8O2.C7H8O/c1-10-8-4-2-7(6-9)3-5-8;1-8-7-5-3-2-4-6-7/h2-6H,1H3;2-6H,1H3. The predicted molar refractivity (Wildman–Crippen MR) is 71.4 cm³/mol. The molecule has 0 bridgehead atoms. The maximum absolute atomic E-state index is 10.2. The summed E-state index contributed by atoms with van der Waals surface area (Å²) < 4.78 is 9.81. The Morgan fingerprint density at radius 2 is 1.28 bits per heavy atom. The summed E-state index contributed by atoms with van der Waals surface area (Å²) >= 11 is 0. The Labute approximate surface area is 107 Å². The summed E-state index contributed by atoms with van der Waals surface area (Å²) in [6.07, 6.45) is 0.805. The molecule has 0 unspecified atom stereocenters. The molecule has 0 radical (unpaired) electrons. The van der Waals surface area contributed by atoms with E-state index in [2.05, 4.69) is 0 Å². The Morgan fingerprint density at radius 1 is 0.778 bits per heavy atom. The molecule has 0 aromatic heterocycles. The molecule has 0 aliphatic heterocycles.